The van der Waals surface area contributed by atoms with Crippen LogP contribution in [0.3, 0.4) is 0 Å². The fourth-order valence-corrected chi connectivity index (χ4v) is 2.13. The van der Waals surface area contributed by atoms with Crippen molar-refractivity contribution in [3.8, 4) is 0 Å². The Hall–Kier alpha value is -1.76. The van der Waals surface area contributed by atoms with Crippen LogP contribution in [0.2, 0.25) is 0 Å². The van der Waals surface area contributed by atoms with Gasteiger partial charge in [0.25, 0.3) is 0 Å². The van der Waals surface area contributed by atoms with Crippen LogP contribution in [0.5, 0.6) is 0 Å². The largest absolute Gasteiger partial charge is 0.341 e. The van der Waals surface area contributed by atoms with Gasteiger partial charge in [0.2, 0.25) is 0 Å². The van der Waals surface area contributed by atoms with Crippen molar-refractivity contribution in [2.45, 2.75) is 12.8 Å². The molecule has 1 nitrogen and oxygen atoms in total. The van der Waals surface area contributed by atoms with Gasteiger partial charge in [-0.3, -0.25) is 0 Å². The summed E-state index contributed by atoms with van der Waals surface area (Å²) >= 11 is 0. The van der Waals surface area contributed by atoms with Gasteiger partial charge in [0.1, 0.15) is 0 Å². The second kappa shape index (κ2) is 4.62. The summed E-state index contributed by atoms with van der Waals surface area (Å²) in [5, 5.41) is 0. The Morgan fingerprint density at radius 3 is 1.65 bits per heavy atom. The first kappa shape index (κ1) is 10.4. The van der Waals surface area contributed by atoms with Gasteiger partial charge in [0, 0.05) is 17.9 Å². The summed E-state index contributed by atoms with van der Waals surface area (Å²) in [4.78, 5) is 2.43. The van der Waals surface area contributed by atoms with Gasteiger partial charge in [-0.15, -0.1) is 0 Å². The average molecular weight is 223 g/mol. The summed E-state index contributed by atoms with van der Waals surface area (Å²) in [6.07, 6.45) is 2.77. The van der Waals surface area contributed by atoms with Crippen molar-refractivity contribution >= 4 is 11.4 Å². The lowest BCUT2D eigenvalue weighted by atomic mass is 10.2. The Balaban J connectivity index is 1.91. The first-order valence-electron chi connectivity index (χ1n) is 6.31. The van der Waals surface area contributed by atoms with Crippen molar-refractivity contribution in [2.75, 3.05) is 11.4 Å². The molecular formula is C16H17N. The fraction of sp³-hybridized carbons (Fsp3) is 0.250. The maximum atomic E-state index is 2.43. The number of anilines is 2. The van der Waals surface area contributed by atoms with Crippen LogP contribution in [0.25, 0.3) is 0 Å². The van der Waals surface area contributed by atoms with Crippen LogP contribution >= 0.6 is 0 Å². The van der Waals surface area contributed by atoms with Gasteiger partial charge in [-0.25, -0.2) is 0 Å². The van der Waals surface area contributed by atoms with Gasteiger partial charge in [0.05, 0.1) is 0 Å². The quantitative estimate of drug-likeness (QED) is 0.749. The summed E-state index contributed by atoms with van der Waals surface area (Å²) in [5.41, 5.74) is 2.59. The van der Waals surface area contributed by atoms with E-state index in [0.29, 0.717) is 0 Å². The minimum Gasteiger partial charge on any atom is -0.341 e. The lowest BCUT2D eigenvalue weighted by Gasteiger charge is -2.25. The highest BCUT2D eigenvalue weighted by molar-refractivity contribution is 5.63. The van der Waals surface area contributed by atoms with Crippen LogP contribution in [0.1, 0.15) is 12.8 Å². The van der Waals surface area contributed by atoms with E-state index in [1.807, 2.05) is 0 Å². The molecule has 0 spiro atoms. The zero-order valence-electron chi connectivity index (χ0n) is 9.92. The second-order valence-corrected chi connectivity index (χ2v) is 4.73. The first-order valence-corrected chi connectivity index (χ1v) is 6.31. The van der Waals surface area contributed by atoms with Crippen LogP contribution in [-0.4, -0.2) is 6.54 Å². The molecule has 17 heavy (non-hydrogen) atoms. The van der Waals surface area contributed by atoms with E-state index in [2.05, 4.69) is 65.6 Å². The van der Waals surface area contributed by atoms with Crippen molar-refractivity contribution in [3.63, 3.8) is 0 Å². The van der Waals surface area contributed by atoms with Crippen molar-refractivity contribution in [3.05, 3.63) is 60.7 Å². The first-order chi connectivity index (χ1) is 8.43. The minimum absolute atomic E-state index is 0.885. The molecule has 1 saturated carbocycles. The highest BCUT2D eigenvalue weighted by Gasteiger charge is 2.25. The van der Waals surface area contributed by atoms with E-state index in [1.165, 1.54) is 24.2 Å². The molecule has 0 N–H and O–H groups in total. The van der Waals surface area contributed by atoms with Crippen LogP contribution < -0.4 is 4.90 Å². The Morgan fingerprint density at radius 1 is 0.765 bits per heavy atom. The number of nitrogens with zero attached hydrogens (tertiary/aromatic N) is 1. The Labute approximate surface area is 103 Å². The summed E-state index contributed by atoms with van der Waals surface area (Å²) in [6.45, 7) is 1.15. The molecule has 1 aliphatic rings. The molecule has 2 aromatic rings. The van der Waals surface area contributed by atoms with Crippen molar-refractivity contribution < 1.29 is 0 Å². The third-order valence-corrected chi connectivity index (χ3v) is 3.27. The molecule has 1 fully saturated rings. The molecule has 0 aromatic heterocycles. The average Bonchev–Trinajstić information content (AvgIpc) is 3.22. The van der Waals surface area contributed by atoms with E-state index < -0.39 is 0 Å². The predicted octanol–water partition coefficient (Wildman–Crippen LogP) is 4.23. The molecule has 86 valence electrons. The molecule has 0 bridgehead atoms. The Kier molecular flexibility index (Phi) is 2.83. The van der Waals surface area contributed by atoms with Crippen molar-refractivity contribution in [1.82, 2.24) is 0 Å². The maximum absolute atomic E-state index is 2.43. The highest BCUT2D eigenvalue weighted by Crippen LogP contribution is 2.34. The van der Waals surface area contributed by atoms with Gasteiger partial charge in [0.15, 0.2) is 0 Å². The zero-order chi connectivity index (χ0) is 11.5. The zero-order valence-corrected chi connectivity index (χ0v) is 9.92. The fourth-order valence-electron chi connectivity index (χ4n) is 2.13. The standard InChI is InChI=1S/C16H17N/c1-3-7-15(8-4-1)17(13-14-11-12-14)16-9-5-2-6-10-16/h1-10,14H,11-13H2. The van der Waals surface area contributed by atoms with E-state index in [0.717, 1.165) is 12.5 Å². The normalized spacial score (nSPS) is 14.6. The molecule has 0 atom stereocenters. The molecule has 3 rings (SSSR count). The van der Waals surface area contributed by atoms with E-state index in [1.54, 1.807) is 0 Å². The van der Waals surface area contributed by atoms with E-state index >= 15 is 0 Å². The molecule has 0 saturated heterocycles. The van der Waals surface area contributed by atoms with E-state index in [-0.39, 0.29) is 0 Å². The maximum Gasteiger partial charge on any atom is 0.0410 e. The lowest BCUT2D eigenvalue weighted by Crippen LogP contribution is -2.19. The topological polar surface area (TPSA) is 3.24 Å². The number of hydrogen-bond donors (Lipinski definition) is 0. The van der Waals surface area contributed by atoms with Crippen LogP contribution in [0.4, 0.5) is 11.4 Å². The molecule has 0 radical (unpaired) electrons. The summed E-state index contributed by atoms with van der Waals surface area (Å²) in [7, 11) is 0. The van der Waals surface area contributed by atoms with Crippen molar-refractivity contribution in [1.29, 1.82) is 0 Å². The second-order valence-electron chi connectivity index (χ2n) is 4.73. The smallest absolute Gasteiger partial charge is 0.0410 e. The summed E-state index contributed by atoms with van der Waals surface area (Å²) < 4.78 is 0. The van der Waals surface area contributed by atoms with Gasteiger partial charge < -0.3 is 4.90 Å². The van der Waals surface area contributed by atoms with Crippen LogP contribution in [0, 0.1) is 5.92 Å². The third-order valence-electron chi connectivity index (χ3n) is 3.27. The van der Waals surface area contributed by atoms with Crippen LogP contribution in [-0.2, 0) is 0 Å². The Bertz CT molecular complexity index is 420. The van der Waals surface area contributed by atoms with Crippen molar-refractivity contribution in [2.24, 2.45) is 5.92 Å². The Morgan fingerprint density at radius 2 is 1.24 bits per heavy atom. The van der Waals surface area contributed by atoms with Crippen LogP contribution in [0.15, 0.2) is 60.7 Å². The molecule has 1 aliphatic carbocycles. The molecule has 2 aromatic carbocycles. The molecule has 0 amide bonds. The highest BCUT2D eigenvalue weighted by atomic mass is 15.1. The number of rotatable bonds is 4. The minimum atomic E-state index is 0.885. The predicted molar refractivity (Wildman–Crippen MR) is 72.6 cm³/mol. The number of benzene rings is 2. The molecule has 1 heteroatoms. The summed E-state index contributed by atoms with van der Waals surface area (Å²) in [6, 6.07) is 21.3. The monoisotopic (exact) mass is 223 g/mol. The van der Waals surface area contributed by atoms with E-state index in [4.69, 9.17) is 0 Å². The SMILES string of the molecule is c1ccc(N(CC2CC2)c2ccccc2)cc1. The molecular weight excluding hydrogens is 206 g/mol. The van der Waals surface area contributed by atoms with E-state index in [9.17, 15) is 0 Å². The molecule has 0 aliphatic heterocycles. The molecule has 0 heterocycles. The lowest BCUT2D eigenvalue weighted by molar-refractivity contribution is 0.814. The molecule has 0 unspecified atom stereocenters. The summed E-state index contributed by atoms with van der Waals surface area (Å²) in [5.74, 6) is 0.885. The van der Waals surface area contributed by atoms with Gasteiger partial charge in [-0.05, 0) is 43.0 Å². The van der Waals surface area contributed by atoms with Gasteiger partial charge in [-0.1, -0.05) is 36.4 Å². The number of para-hydroxylation sites is 2. The van der Waals surface area contributed by atoms with Gasteiger partial charge in [-0.2, -0.15) is 0 Å². The number of hydrogen-bond acceptors (Lipinski definition) is 1. The third kappa shape index (κ3) is 2.50. The van der Waals surface area contributed by atoms with Gasteiger partial charge >= 0.3 is 0 Å².